The van der Waals surface area contributed by atoms with Gasteiger partial charge in [0.2, 0.25) is 5.91 Å². The van der Waals surface area contributed by atoms with Gasteiger partial charge in [0.05, 0.1) is 22.1 Å². The summed E-state index contributed by atoms with van der Waals surface area (Å²) in [6.07, 6.45) is -5.82. The fourth-order valence-electron chi connectivity index (χ4n) is 5.31. The average Bonchev–Trinajstić information content (AvgIpc) is 3.41. The minimum Gasteiger partial charge on any atom is -0.361 e. The number of nitro groups is 1. The summed E-state index contributed by atoms with van der Waals surface area (Å²) in [5.74, 6) is -1.52. The Bertz CT molecular complexity index is 1760. The number of carbonyl (C=O) groups is 2. The van der Waals surface area contributed by atoms with Crippen LogP contribution in [0.25, 0.3) is 17.0 Å². The number of non-ortho nitro benzene ring substituents is 1. The average molecular weight is 631 g/mol. The molecule has 5 rings (SSSR count). The minimum absolute atomic E-state index is 0.0372. The molecule has 1 atom stereocenters. The molecule has 1 aliphatic rings. The van der Waals surface area contributed by atoms with Gasteiger partial charge in [-0.05, 0) is 47.9 Å². The van der Waals surface area contributed by atoms with Crippen molar-refractivity contribution in [1.29, 1.82) is 0 Å². The van der Waals surface area contributed by atoms with Crippen molar-refractivity contribution < 1.29 is 40.9 Å². The Labute approximate surface area is 251 Å². The number of alkyl halides is 6. The first-order valence-corrected chi connectivity index (χ1v) is 13.6. The number of piperazine rings is 1. The smallest absolute Gasteiger partial charge is 0.361 e. The maximum atomic E-state index is 13.6. The molecule has 1 aliphatic heterocycles. The van der Waals surface area contributed by atoms with Gasteiger partial charge < -0.3 is 14.8 Å². The second-order valence-electron chi connectivity index (χ2n) is 10.5. The van der Waals surface area contributed by atoms with Crippen molar-refractivity contribution >= 4 is 34.5 Å². The molecule has 0 saturated carbocycles. The van der Waals surface area contributed by atoms with Crippen molar-refractivity contribution in [2.75, 3.05) is 19.6 Å². The Morgan fingerprint density at radius 3 is 2.29 bits per heavy atom. The molecule has 1 aromatic heterocycles. The lowest BCUT2D eigenvalue weighted by Gasteiger charge is -2.41. The molecular weight excluding hydrogens is 606 g/mol. The largest absolute Gasteiger partial charge is 0.416 e. The summed E-state index contributed by atoms with van der Waals surface area (Å²) in [7, 11) is 0. The number of benzene rings is 3. The highest BCUT2D eigenvalue weighted by Gasteiger charge is 2.39. The van der Waals surface area contributed by atoms with Crippen LogP contribution in [0, 0.1) is 10.1 Å². The normalized spacial score (nSPS) is 16.0. The van der Waals surface area contributed by atoms with E-state index in [1.165, 1.54) is 40.2 Å². The molecule has 0 aliphatic carbocycles. The lowest BCUT2D eigenvalue weighted by atomic mass is 9.98. The maximum Gasteiger partial charge on any atom is 0.416 e. The predicted octanol–water partition coefficient (Wildman–Crippen LogP) is 6.72. The summed E-state index contributed by atoms with van der Waals surface area (Å²) in [6.45, 7) is -0.298. The van der Waals surface area contributed by atoms with Crippen molar-refractivity contribution in [3.63, 3.8) is 0 Å². The zero-order valence-electron chi connectivity index (χ0n) is 23.2. The Hall–Kier alpha value is -5.14. The third kappa shape index (κ3) is 7.00. The number of nitrogens with zero attached hydrogens (tertiary/aromatic N) is 3. The number of halogens is 6. The molecule has 0 spiro atoms. The standard InChI is InChI=1S/C31H24F6N4O4/c32-30(33,34)22-13-20(14-23(16-22)31(35,36)37)29(43)40-11-10-39(28(42)9-8-19-4-3-5-24(12-19)41(44)45)18-25(40)15-21-17-38-27-7-2-1-6-26(21)27/h1-9,12-14,16-17,25,38H,10-11,15,18H2. The van der Waals surface area contributed by atoms with Crippen LogP contribution in [0.2, 0.25) is 0 Å². The summed E-state index contributed by atoms with van der Waals surface area (Å²) >= 11 is 0. The molecule has 0 radical (unpaired) electrons. The van der Waals surface area contributed by atoms with E-state index in [9.17, 15) is 46.0 Å². The Morgan fingerprint density at radius 2 is 1.62 bits per heavy atom. The van der Waals surface area contributed by atoms with Crippen LogP contribution in [0.3, 0.4) is 0 Å². The number of amides is 2. The number of para-hydroxylation sites is 1. The van der Waals surface area contributed by atoms with Gasteiger partial charge in [-0.15, -0.1) is 0 Å². The topological polar surface area (TPSA) is 99.5 Å². The number of aromatic amines is 1. The van der Waals surface area contributed by atoms with E-state index in [1.54, 1.807) is 24.4 Å². The van der Waals surface area contributed by atoms with Gasteiger partial charge in [-0.2, -0.15) is 26.3 Å². The lowest BCUT2D eigenvalue weighted by Crippen LogP contribution is -2.57. The molecule has 1 saturated heterocycles. The Balaban J connectivity index is 1.46. The molecule has 234 valence electrons. The molecule has 1 fully saturated rings. The molecule has 45 heavy (non-hydrogen) atoms. The van der Waals surface area contributed by atoms with E-state index in [2.05, 4.69) is 4.98 Å². The van der Waals surface area contributed by atoms with Gasteiger partial charge in [-0.3, -0.25) is 19.7 Å². The summed E-state index contributed by atoms with van der Waals surface area (Å²) in [6, 6.07) is 12.8. The third-order valence-electron chi connectivity index (χ3n) is 7.52. The van der Waals surface area contributed by atoms with Crippen molar-refractivity contribution in [2.24, 2.45) is 0 Å². The number of H-pyrrole nitrogens is 1. The Kier molecular flexibility index (Phi) is 8.41. The van der Waals surface area contributed by atoms with Gasteiger partial charge in [-0.1, -0.05) is 30.3 Å². The van der Waals surface area contributed by atoms with E-state index in [1.807, 2.05) is 12.1 Å². The molecule has 14 heteroatoms. The minimum atomic E-state index is -5.13. The van der Waals surface area contributed by atoms with Crippen LogP contribution in [0.15, 0.2) is 79.0 Å². The number of nitro benzene ring substituents is 1. The van der Waals surface area contributed by atoms with Crippen molar-refractivity contribution in [3.05, 3.63) is 117 Å². The van der Waals surface area contributed by atoms with Gasteiger partial charge in [-0.25, -0.2) is 0 Å². The van der Waals surface area contributed by atoms with Crippen molar-refractivity contribution in [2.45, 2.75) is 24.8 Å². The number of hydrogen-bond donors (Lipinski definition) is 1. The fraction of sp³-hybridized carbons (Fsp3) is 0.226. The first-order chi connectivity index (χ1) is 21.2. The van der Waals surface area contributed by atoms with Crippen LogP contribution >= 0.6 is 0 Å². The SMILES string of the molecule is O=C(C=Cc1cccc([N+](=O)[O-])c1)N1CCN(C(=O)c2cc(C(F)(F)F)cc(C(F)(F)F)c2)C(Cc2c[nH]c3ccccc23)C1. The first-order valence-electron chi connectivity index (χ1n) is 13.6. The van der Waals surface area contributed by atoms with Crippen molar-refractivity contribution in [3.8, 4) is 0 Å². The molecule has 1 N–H and O–H groups in total. The van der Waals surface area contributed by atoms with Crippen LogP contribution in [0.5, 0.6) is 0 Å². The summed E-state index contributed by atoms with van der Waals surface area (Å²) < 4.78 is 81.2. The summed E-state index contributed by atoms with van der Waals surface area (Å²) in [5.41, 5.74) is -2.24. The predicted molar refractivity (Wildman–Crippen MR) is 152 cm³/mol. The van der Waals surface area contributed by atoms with Gasteiger partial charge in [0.15, 0.2) is 0 Å². The van der Waals surface area contributed by atoms with Gasteiger partial charge in [0.25, 0.3) is 11.6 Å². The summed E-state index contributed by atoms with van der Waals surface area (Å²) in [5, 5.41) is 11.9. The fourth-order valence-corrected chi connectivity index (χ4v) is 5.31. The van der Waals surface area contributed by atoms with Crippen molar-refractivity contribution in [1.82, 2.24) is 14.8 Å². The van der Waals surface area contributed by atoms with Crippen LogP contribution < -0.4 is 0 Å². The second kappa shape index (κ2) is 12.1. The van der Waals surface area contributed by atoms with E-state index in [0.29, 0.717) is 17.7 Å². The molecule has 0 bridgehead atoms. The van der Waals surface area contributed by atoms with E-state index in [-0.39, 0.29) is 37.8 Å². The zero-order chi connectivity index (χ0) is 32.5. The number of rotatable bonds is 6. The van der Waals surface area contributed by atoms with Gasteiger partial charge >= 0.3 is 12.4 Å². The second-order valence-corrected chi connectivity index (χ2v) is 10.5. The quantitative estimate of drug-likeness (QED) is 0.111. The zero-order valence-corrected chi connectivity index (χ0v) is 23.2. The highest BCUT2D eigenvalue weighted by molar-refractivity contribution is 5.96. The molecule has 2 amide bonds. The van der Waals surface area contributed by atoms with E-state index < -0.39 is 51.8 Å². The van der Waals surface area contributed by atoms with Gasteiger partial charge in [0, 0.05) is 60.5 Å². The Morgan fingerprint density at radius 1 is 0.933 bits per heavy atom. The number of hydrogen-bond acceptors (Lipinski definition) is 4. The van der Waals surface area contributed by atoms with Crippen LogP contribution in [-0.4, -0.2) is 57.2 Å². The van der Waals surface area contributed by atoms with Crippen LogP contribution in [-0.2, 0) is 23.6 Å². The molecular formula is C31H24F6N4O4. The third-order valence-corrected chi connectivity index (χ3v) is 7.52. The highest BCUT2D eigenvalue weighted by atomic mass is 19.4. The number of carbonyl (C=O) groups excluding carboxylic acids is 2. The molecule has 8 nitrogen and oxygen atoms in total. The maximum absolute atomic E-state index is 13.6. The number of fused-ring (bicyclic) bond motifs is 1. The van der Waals surface area contributed by atoms with Gasteiger partial charge in [0.1, 0.15) is 0 Å². The molecule has 2 heterocycles. The number of aromatic nitrogens is 1. The first kappa shape index (κ1) is 31.3. The highest BCUT2D eigenvalue weighted by Crippen LogP contribution is 2.37. The summed E-state index contributed by atoms with van der Waals surface area (Å²) in [4.78, 5) is 43.0. The molecule has 1 unspecified atom stereocenters. The number of nitrogens with one attached hydrogen (secondary N) is 1. The molecule has 3 aromatic carbocycles. The van der Waals surface area contributed by atoms with Crippen LogP contribution in [0.1, 0.15) is 32.6 Å². The van der Waals surface area contributed by atoms with E-state index >= 15 is 0 Å². The lowest BCUT2D eigenvalue weighted by molar-refractivity contribution is -0.384. The monoisotopic (exact) mass is 630 g/mol. The van der Waals surface area contributed by atoms with Crippen LogP contribution in [0.4, 0.5) is 32.0 Å². The molecule has 4 aromatic rings. The van der Waals surface area contributed by atoms with E-state index in [0.717, 1.165) is 16.5 Å². The van der Waals surface area contributed by atoms with E-state index in [4.69, 9.17) is 0 Å².